The van der Waals surface area contributed by atoms with E-state index < -0.39 is 17.5 Å². The number of imide groups is 1. The van der Waals surface area contributed by atoms with E-state index in [2.05, 4.69) is 16.6 Å². The number of ether oxygens (including phenoxy) is 1. The first kappa shape index (κ1) is 24.0. The Labute approximate surface area is 165 Å². The standard InChI is InChI=1S/C10H11FO.C7H8N2O2.C2H6.W/c1-4-8-5-6-9(12-3)10(11)7(8)2;1-3-7(4-2)5(10)8-6(11)9-7;1-2;/h2,5-6H,4H2,1,3H3;1H,4H2,2H3,(H2,8,9,10,11);1-2H3;/t;7-;;/m.1../s1. The number of methoxy groups -OCH3 is 1. The topological polar surface area (TPSA) is 67.4 Å². The Hall–Kier alpha value is -1.99. The Balaban J connectivity index is 0.000000444. The van der Waals surface area contributed by atoms with Crippen LogP contribution in [0.4, 0.5) is 9.18 Å². The zero-order valence-corrected chi connectivity index (χ0v) is 18.7. The molecule has 1 aliphatic heterocycles. The number of carbonyl (C=O) groups excluding carboxylic acids is 2. The molecule has 2 N–H and O–H groups in total. The van der Waals surface area contributed by atoms with Gasteiger partial charge in [-0.3, -0.25) is 10.1 Å². The maximum atomic E-state index is 13.6. The van der Waals surface area contributed by atoms with Crippen LogP contribution in [0.2, 0.25) is 0 Å². The van der Waals surface area contributed by atoms with Gasteiger partial charge >= 0.3 is 94.2 Å². The van der Waals surface area contributed by atoms with Gasteiger partial charge in [0.1, 0.15) is 0 Å². The second kappa shape index (κ2) is 11.6. The molecule has 5 nitrogen and oxygen atoms in total. The molecule has 1 saturated heterocycles. The zero-order chi connectivity index (χ0) is 20.3. The van der Waals surface area contributed by atoms with Gasteiger partial charge in [-0.1, -0.05) is 26.7 Å². The van der Waals surface area contributed by atoms with Crippen molar-refractivity contribution in [2.75, 3.05) is 7.11 Å². The summed E-state index contributed by atoms with van der Waals surface area (Å²) in [6.45, 7) is 7.76. The molecule has 0 saturated carbocycles. The summed E-state index contributed by atoms with van der Waals surface area (Å²) < 4.78 is 20.3. The zero-order valence-electron chi connectivity index (χ0n) is 15.7. The van der Waals surface area contributed by atoms with Crippen LogP contribution in [0.3, 0.4) is 0 Å². The number of amides is 3. The van der Waals surface area contributed by atoms with E-state index in [0.717, 1.165) is 12.0 Å². The molecule has 1 fully saturated rings. The number of halogens is 1. The third-order valence-electron chi connectivity index (χ3n) is 3.67. The van der Waals surface area contributed by atoms with Crippen molar-refractivity contribution in [2.24, 2.45) is 0 Å². The molecule has 0 aliphatic carbocycles. The molecule has 0 radical (unpaired) electrons. The van der Waals surface area contributed by atoms with E-state index in [1.807, 2.05) is 31.2 Å². The molecule has 1 aliphatic rings. The first-order chi connectivity index (χ1) is 12.4. The average molecular weight is 532 g/mol. The average Bonchev–Trinajstić information content (AvgIpc) is 2.97. The Bertz CT molecular complexity index is 701. The van der Waals surface area contributed by atoms with E-state index in [1.165, 1.54) is 26.5 Å². The molecule has 1 aromatic rings. The molecule has 1 aromatic carbocycles. The monoisotopic (exact) mass is 532 g/mol. The van der Waals surface area contributed by atoms with Crippen LogP contribution in [-0.4, -0.2) is 29.0 Å². The van der Waals surface area contributed by atoms with Crippen LogP contribution in [0.5, 0.6) is 5.75 Å². The van der Waals surface area contributed by atoms with Gasteiger partial charge in [-0.25, -0.2) is 4.79 Å². The van der Waals surface area contributed by atoms with Crippen molar-refractivity contribution in [1.82, 2.24) is 10.6 Å². The first-order valence-electron chi connectivity index (χ1n) is 8.30. The minimum atomic E-state index is -1.11. The molecule has 0 spiro atoms. The van der Waals surface area contributed by atoms with Crippen LogP contribution < -0.4 is 15.4 Å². The number of urea groups is 1. The van der Waals surface area contributed by atoms with Crippen LogP contribution in [0.15, 0.2) is 12.1 Å². The van der Waals surface area contributed by atoms with Crippen molar-refractivity contribution >= 4 is 16.3 Å². The number of nitrogens with one attached hydrogen (secondary N) is 2. The fourth-order valence-corrected chi connectivity index (χ4v) is 3.07. The fraction of sp³-hybridized carbons (Fsp3) is 0.421. The molecule has 2 rings (SSSR count). The third kappa shape index (κ3) is 5.50. The van der Waals surface area contributed by atoms with E-state index in [1.54, 1.807) is 13.0 Å². The summed E-state index contributed by atoms with van der Waals surface area (Å²) in [4.78, 5) is 21.7. The Morgan fingerprint density at radius 1 is 1.35 bits per heavy atom. The Morgan fingerprint density at radius 3 is 2.27 bits per heavy atom. The van der Waals surface area contributed by atoms with Crippen LogP contribution in [0.1, 0.15) is 45.2 Å². The number of terminal acetylenes is 1. The number of benzene rings is 1. The van der Waals surface area contributed by atoms with Crippen molar-refractivity contribution < 1.29 is 38.1 Å². The van der Waals surface area contributed by atoms with E-state index in [0.29, 0.717) is 17.7 Å². The summed E-state index contributed by atoms with van der Waals surface area (Å²) in [6.07, 6.45) is 6.36. The molecule has 0 bridgehead atoms. The van der Waals surface area contributed by atoms with Gasteiger partial charge in [0, 0.05) is 0 Å². The van der Waals surface area contributed by atoms with Crippen LogP contribution in [-0.2, 0) is 30.6 Å². The third-order valence-corrected chi connectivity index (χ3v) is 4.52. The summed E-state index contributed by atoms with van der Waals surface area (Å²) in [5.74, 6) is 1.91. The molecule has 1 atom stereocenters. The van der Waals surface area contributed by atoms with Crippen LogP contribution in [0, 0.1) is 18.2 Å². The van der Waals surface area contributed by atoms with Crippen LogP contribution in [0.25, 0.3) is 0 Å². The number of rotatable bonds is 4. The van der Waals surface area contributed by atoms with E-state index in [9.17, 15) is 14.0 Å². The summed E-state index contributed by atoms with van der Waals surface area (Å²) in [5.41, 5.74) is 0.613. The predicted molar refractivity (Wildman–Crippen MR) is 97.4 cm³/mol. The summed E-state index contributed by atoms with van der Waals surface area (Å²) >= 11 is 1.25. The van der Waals surface area contributed by atoms with Crippen molar-refractivity contribution in [3.05, 3.63) is 29.1 Å². The molecule has 0 unspecified atom stereocenters. The molecule has 7 heteroatoms. The Kier molecular flexibility index (Phi) is 10.7. The Morgan fingerprint density at radius 2 is 1.96 bits per heavy atom. The fourth-order valence-electron chi connectivity index (χ4n) is 2.15. The molecular weight excluding hydrogens is 507 g/mol. The first-order valence-corrected chi connectivity index (χ1v) is 10.00. The summed E-state index contributed by atoms with van der Waals surface area (Å²) in [6, 6.07) is 3.07. The van der Waals surface area contributed by atoms with Gasteiger partial charge in [0.2, 0.25) is 0 Å². The molecule has 0 aromatic heterocycles. The quantitative estimate of drug-likeness (QED) is 0.463. The van der Waals surface area contributed by atoms with E-state index in [-0.39, 0.29) is 5.82 Å². The molecule has 3 amide bonds. The van der Waals surface area contributed by atoms with Crippen molar-refractivity contribution in [3.8, 4) is 18.1 Å². The SMILES string of the molecule is C#C[C@]1(CC)NC(=O)NC1=O.CC.CCc1ccc(OC)c(F)c1[CH]=[W]. The summed E-state index contributed by atoms with van der Waals surface area (Å²) in [5, 5.41) is 4.46. The van der Waals surface area contributed by atoms with Gasteiger partial charge in [0.15, 0.2) is 5.54 Å². The van der Waals surface area contributed by atoms with E-state index in [4.69, 9.17) is 11.2 Å². The maximum absolute atomic E-state index is 13.6. The normalized spacial score (nSPS) is 17.4. The van der Waals surface area contributed by atoms with Crippen molar-refractivity contribution in [2.45, 2.75) is 46.1 Å². The molecule has 142 valence electrons. The van der Waals surface area contributed by atoms with Gasteiger partial charge in [-0.2, -0.15) is 0 Å². The predicted octanol–water partition coefficient (Wildman–Crippen LogP) is 2.73. The second-order valence-electron chi connectivity index (χ2n) is 4.94. The van der Waals surface area contributed by atoms with Crippen LogP contribution >= 0.6 is 0 Å². The number of carbonyl (C=O) groups is 2. The van der Waals surface area contributed by atoms with Gasteiger partial charge in [-0.15, -0.1) is 6.42 Å². The van der Waals surface area contributed by atoms with Crippen molar-refractivity contribution in [1.29, 1.82) is 0 Å². The molecule has 26 heavy (non-hydrogen) atoms. The van der Waals surface area contributed by atoms with Gasteiger partial charge in [0.25, 0.3) is 5.91 Å². The molecular formula is C19H25FN2O3W. The van der Waals surface area contributed by atoms with Gasteiger partial charge < -0.3 is 5.32 Å². The van der Waals surface area contributed by atoms with Gasteiger partial charge in [-0.05, 0) is 6.42 Å². The number of aryl methyl sites for hydroxylation is 1. The van der Waals surface area contributed by atoms with E-state index >= 15 is 0 Å². The molecule has 1 heterocycles. The minimum absolute atomic E-state index is 0.239. The van der Waals surface area contributed by atoms with Crippen molar-refractivity contribution in [3.63, 3.8) is 0 Å². The second-order valence-corrected chi connectivity index (χ2v) is 5.78. The number of hydrogen-bond donors (Lipinski definition) is 2. The number of hydrogen-bond acceptors (Lipinski definition) is 3. The summed E-state index contributed by atoms with van der Waals surface area (Å²) in [7, 11) is 1.48. The van der Waals surface area contributed by atoms with Gasteiger partial charge in [0.05, 0.1) is 0 Å².